The average molecular weight is 766 g/mol. The van der Waals surface area contributed by atoms with Gasteiger partial charge in [-0.3, -0.25) is 0 Å². The lowest BCUT2D eigenvalue weighted by Crippen LogP contribution is -2.50. The number of carbonyl (C=O) groups is 3. The predicted octanol–water partition coefficient (Wildman–Crippen LogP) is 7.11. The average Bonchev–Trinajstić information content (AvgIpc) is 3.10. The van der Waals surface area contributed by atoms with Crippen molar-refractivity contribution in [2.24, 2.45) is 0 Å². The zero-order valence-electron chi connectivity index (χ0n) is 37.5. The van der Waals surface area contributed by atoms with E-state index in [4.69, 9.17) is 0 Å². The van der Waals surface area contributed by atoms with Crippen molar-refractivity contribution in [3.63, 3.8) is 0 Å². The summed E-state index contributed by atoms with van der Waals surface area (Å²) in [5, 5.41) is 31.5. The standard InChI is InChI=1S/3C12H28N.C9H6O6/c3*1-5-9-13(10-6-2,11-7-3)12-8-4;10-7(11)4-2-1-3-5(8(12)13)6(4)9(14)15/h3*5-12H2,1-4H3;1-3H,(H,10,11)(H,12,13)(H,14,15)/q3*+1;/p-3. The maximum absolute atomic E-state index is 10.6. The summed E-state index contributed by atoms with van der Waals surface area (Å²) in [6, 6.07) is 2.89. The zero-order chi connectivity index (χ0) is 42.1. The highest BCUT2D eigenvalue weighted by molar-refractivity contribution is 6.07. The van der Waals surface area contributed by atoms with Crippen LogP contribution in [-0.2, 0) is 0 Å². The molecule has 0 aliphatic heterocycles. The van der Waals surface area contributed by atoms with Crippen molar-refractivity contribution in [3.8, 4) is 0 Å². The zero-order valence-corrected chi connectivity index (χ0v) is 37.5. The van der Waals surface area contributed by atoms with Crippen LogP contribution in [-0.4, -0.2) is 110 Å². The van der Waals surface area contributed by atoms with Crippen LogP contribution in [0.4, 0.5) is 0 Å². The molecule has 0 atom stereocenters. The van der Waals surface area contributed by atoms with Gasteiger partial charge in [-0.05, 0) is 77.0 Å². The molecular formula is C45H87N3O6. The van der Waals surface area contributed by atoms with E-state index in [2.05, 4.69) is 83.1 Å². The third-order valence-corrected chi connectivity index (χ3v) is 10.1. The maximum Gasteiger partial charge on any atom is 0.0783 e. The van der Waals surface area contributed by atoms with E-state index < -0.39 is 34.6 Å². The largest absolute Gasteiger partial charge is 0.545 e. The van der Waals surface area contributed by atoms with Gasteiger partial charge < -0.3 is 43.2 Å². The lowest BCUT2D eigenvalue weighted by Gasteiger charge is -2.38. The highest BCUT2D eigenvalue weighted by atomic mass is 16.4. The third-order valence-electron chi connectivity index (χ3n) is 10.1. The quantitative estimate of drug-likeness (QED) is 0.0882. The Hall–Kier alpha value is -2.49. The maximum atomic E-state index is 10.6. The first-order chi connectivity index (χ1) is 25.7. The molecule has 0 N–H and O–H groups in total. The summed E-state index contributed by atoms with van der Waals surface area (Å²) in [6.07, 6.45) is 16.0. The summed E-state index contributed by atoms with van der Waals surface area (Å²) in [5.74, 6) is -5.50. The number of carboxylic acid groups (broad SMARTS) is 3. The van der Waals surface area contributed by atoms with Gasteiger partial charge in [-0.25, -0.2) is 0 Å². The Morgan fingerprint density at radius 3 is 0.630 bits per heavy atom. The first-order valence-corrected chi connectivity index (χ1v) is 22.0. The molecule has 0 spiro atoms. The molecule has 318 valence electrons. The number of quaternary nitrogens is 3. The van der Waals surface area contributed by atoms with Crippen LogP contribution in [0, 0.1) is 0 Å². The van der Waals surface area contributed by atoms with Crippen LogP contribution in [0.5, 0.6) is 0 Å². The highest BCUT2D eigenvalue weighted by Crippen LogP contribution is 2.15. The minimum Gasteiger partial charge on any atom is -0.545 e. The molecule has 0 aliphatic carbocycles. The number of nitrogens with zero attached hydrogens (tertiary/aromatic N) is 3. The minimum atomic E-state index is -1.91. The Labute approximate surface area is 333 Å². The molecule has 9 heteroatoms. The molecular weight excluding hydrogens is 679 g/mol. The molecule has 0 amide bonds. The summed E-state index contributed by atoms with van der Waals surface area (Å²) < 4.78 is 4.12. The Bertz CT molecular complexity index is 906. The van der Waals surface area contributed by atoms with Crippen LogP contribution in [0.3, 0.4) is 0 Å². The van der Waals surface area contributed by atoms with Gasteiger partial charge in [0.2, 0.25) is 0 Å². The number of rotatable bonds is 27. The first-order valence-electron chi connectivity index (χ1n) is 22.0. The number of aromatic carboxylic acids is 3. The Morgan fingerprint density at radius 1 is 0.352 bits per heavy atom. The summed E-state index contributed by atoms with van der Waals surface area (Å²) >= 11 is 0. The van der Waals surface area contributed by atoms with Gasteiger partial charge in [-0.1, -0.05) is 101 Å². The lowest BCUT2D eigenvalue weighted by atomic mass is 10.0. The fraction of sp³-hybridized carbons (Fsp3) is 0.800. The van der Waals surface area contributed by atoms with Gasteiger partial charge in [0.15, 0.2) is 0 Å². The molecule has 1 aromatic rings. The van der Waals surface area contributed by atoms with Crippen LogP contribution < -0.4 is 15.3 Å². The van der Waals surface area contributed by atoms with Crippen LogP contribution in [0.15, 0.2) is 18.2 Å². The summed E-state index contributed by atoms with van der Waals surface area (Å²) in [5.41, 5.74) is -2.45. The van der Waals surface area contributed by atoms with E-state index in [0.717, 1.165) is 18.2 Å². The van der Waals surface area contributed by atoms with E-state index in [1.807, 2.05) is 0 Å². The molecule has 1 rings (SSSR count). The van der Waals surface area contributed by atoms with Crippen molar-refractivity contribution in [2.45, 2.75) is 160 Å². The van der Waals surface area contributed by atoms with Crippen molar-refractivity contribution in [1.82, 2.24) is 0 Å². The second-order valence-electron chi connectivity index (χ2n) is 15.3. The van der Waals surface area contributed by atoms with E-state index in [0.29, 0.717) is 0 Å². The molecule has 9 nitrogen and oxygen atoms in total. The summed E-state index contributed by atoms with van der Waals surface area (Å²) in [4.78, 5) is 31.5. The van der Waals surface area contributed by atoms with Crippen molar-refractivity contribution in [3.05, 3.63) is 34.9 Å². The molecule has 0 radical (unpaired) electrons. The van der Waals surface area contributed by atoms with Crippen LogP contribution in [0.2, 0.25) is 0 Å². The molecule has 0 saturated carbocycles. The minimum absolute atomic E-state index is 0.753. The SMILES string of the molecule is CCC[N+](CCC)(CCC)CCC.CCC[N+](CCC)(CCC)CCC.CCC[N+](CCC)(CCC)CCC.O=C([O-])c1cccc(C(=O)[O-])c1C(=O)[O-]. The molecule has 0 bridgehead atoms. The fourth-order valence-electron chi connectivity index (χ4n) is 8.82. The van der Waals surface area contributed by atoms with Gasteiger partial charge in [0.05, 0.1) is 96.4 Å². The highest BCUT2D eigenvalue weighted by Gasteiger charge is 2.24. The Morgan fingerprint density at radius 2 is 0.519 bits per heavy atom. The van der Waals surface area contributed by atoms with Gasteiger partial charge in [-0.15, -0.1) is 0 Å². The van der Waals surface area contributed by atoms with Crippen molar-refractivity contribution in [1.29, 1.82) is 0 Å². The summed E-state index contributed by atoms with van der Waals surface area (Å²) in [7, 11) is 0. The summed E-state index contributed by atoms with van der Waals surface area (Å²) in [6.45, 7) is 44.4. The van der Waals surface area contributed by atoms with E-state index in [1.165, 1.54) is 169 Å². The van der Waals surface area contributed by atoms with E-state index in [9.17, 15) is 29.7 Å². The van der Waals surface area contributed by atoms with E-state index >= 15 is 0 Å². The molecule has 0 fully saturated rings. The van der Waals surface area contributed by atoms with E-state index in [1.54, 1.807) is 0 Å². The van der Waals surface area contributed by atoms with Gasteiger partial charge in [0.1, 0.15) is 0 Å². The molecule has 0 saturated heterocycles. The second-order valence-corrected chi connectivity index (χ2v) is 15.3. The number of carboxylic acids is 3. The van der Waals surface area contributed by atoms with Gasteiger partial charge >= 0.3 is 0 Å². The lowest BCUT2D eigenvalue weighted by molar-refractivity contribution is -0.928. The molecule has 0 aromatic heterocycles. The third kappa shape index (κ3) is 22.8. The fourth-order valence-corrected chi connectivity index (χ4v) is 8.82. The topological polar surface area (TPSA) is 120 Å². The molecule has 54 heavy (non-hydrogen) atoms. The van der Waals surface area contributed by atoms with Gasteiger partial charge in [0.25, 0.3) is 0 Å². The normalized spacial score (nSPS) is 11.3. The number of carbonyl (C=O) groups excluding carboxylic acids is 3. The number of benzene rings is 1. The van der Waals surface area contributed by atoms with Crippen LogP contribution >= 0.6 is 0 Å². The second kappa shape index (κ2) is 33.8. The molecule has 0 heterocycles. The van der Waals surface area contributed by atoms with Crippen molar-refractivity contribution in [2.75, 3.05) is 78.5 Å². The number of hydrogen-bond acceptors (Lipinski definition) is 6. The Balaban J connectivity index is -0.000000644. The monoisotopic (exact) mass is 766 g/mol. The molecule has 0 unspecified atom stereocenters. The first kappa shape index (κ1) is 55.8. The van der Waals surface area contributed by atoms with Crippen molar-refractivity contribution >= 4 is 17.9 Å². The van der Waals surface area contributed by atoms with Crippen LogP contribution in [0.1, 0.15) is 191 Å². The Kier molecular flexibility index (Phi) is 35.0. The molecule has 0 aliphatic rings. The smallest absolute Gasteiger partial charge is 0.0783 e. The van der Waals surface area contributed by atoms with Gasteiger partial charge in [-0.2, -0.15) is 0 Å². The van der Waals surface area contributed by atoms with Crippen LogP contribution in [0.25, 0.3) is 0 Å². The predicted molar refractivity (Wildman–Crippen MR) is 222 cm³/mol. The van der Waals surface area contributed by atoms with E-state index in [-0.39, 0.29) is 0 Å². The van der Waals surface area contributed by atoms with Gasteiger partial charge in [0, 0.05) is 16.7 Å². The number of hydrogen-bond donors (Lipinski definition) is 0. The molecule has 1 aromatic carbocycles. The van der Waals surface area contributed by atoms with Crippen molar-refractivity contribution < 1.29 is 43.2 Å².